The first-order valence-corrected chi connectivity index (χ1v) is 6.61. The second-order valence-corrected chi connectivity index (χ2v) is 5.70. The molecular weight excluding hydrogens is 240 g/mol. The van der Waals surface area contributed by atoms with E-state index < -0.39 is 5.91 Å². The number of anilines is 2. The fraction of sp³-hybridized carbons (Fsp3) is 0.571. The van der Waals surface area contributed by atoms with Crippen LogP contribution in [0.2, 0.25) is 0 Å². The zero-order chi connectivity index (χ0) is 14.6. The summed E-state index contributed by atoms with van der Waals surface area (Å²) < 4.78 is 0. The largest absolute Gasteiger partial charge is 0.397 e. The normalized spacial score (nSPS) is 11.1. The molecule has 5 heteroatoms. The van der Waals surface area contributed by atoms with Gasteiger partial charge in [0.25, 0.3) is 5.91 Å². The number of aromatic nitrogens is 1. The molecule has 0 aliphatic rings. The lowest BCUT2D eigenvalue weighted by Gasteiger charge is -2.28. The Bertz CT molecular complexity index is 433. The van der Waals surface area contributed by atoms with Crippen LogP contribution in [0.4, 0.5) is 11.5 Å². The summed E-state index contributed by atoms with van der Waals surface area (Å²) in [6.07, 6.45) is 1.56. The van der Waals surface area contributed by atoms with Gasteiger partial charge in [-0.3, -0.25) is 4.79 Å². The number of pyridine rings is 1. The number of nitrogens with zero attached hydrogens (tertiary/aromatic N) is 2. The average Bonchev–Trinajstić information content (AvgIpc) is 2.26. The summed E-state index contributed by atoms with van der Waals surface area (Å²) in [5.41, 5.74) is 11.9. The topological polar surface area (TPSA) is 85.2 Å². The summed E-state index contributed by atoms with van der Waals surface area (Å²) in [7, 11) is 0. The molecule has 1 rings (SSSR count). The molecule has 19 heavy (non-hydrogen) atoms. The predicted molar refractivity (Wildman–Crippen MR) is 79.1 cm³/mol. The molecule has 0 aromatic carbocycles. The van der Waals surface area contributed by atoms with E-state index in [9.17, 15) is 4.79 Å². The second-order valence-electron chi connectivity index (χ2n) is 5.70. The fourth-order valence-electron chi connectivity index (χ4n) is 2.04. The van der Waals surface area contributed by atoms with E-state index in [1.54, 1.807) is 12.3 Å². The maximum Gasteiger partial charge on any atom is 0.252 e. The molecule has 1 amide bonds. The van der Waals surface area contributed by atoms with Crippen molar-refractivity contribution >= 4 is 17.4 Å². The number of hydrogen-bond acceptors (Lipinski definition) is 4. The zero-order valence-corrected chi connectivity index (χ0v) is 12.2. The Hall–Kier alpha value is -1.78. The molecule has 0 bridgehead atoms. The molecule has 106 valence electrons. The molecular formula is C14H24N4O. The van der Waals surface area contributed by atoms with Gasteiger partial charge in [0, 0.05) is 13.1 Å². The van der Waals surface area contributed by atoms with Gasteiger partial charge in [-0.05, 0) is 17.9 Å². The van der Waals surface area contributed by atoms with Crippen LogP contribution in [0.5, 0.6) is 0 Å². The highest BCUT2D eigenvalue weighted by atomic mass is 16.1. The molecule has 4 N–H and O–H groups in total. The van der Waals surface area contributed by atoms with E-state index in [0.29, 0.717) is 28.9 Å². The average molecular weight is 264 g/mol. The molecule has 0 saturated carbocycles. The predicted octanol–water partition coefficient (Wildman–Crippen LogP) is 1.88. The van der Waals surface area contributed by atoms with Crippen LogP contribution in [0.25, 0.3) is 0 Å². The number of nitrogens with two attached hydrogens (primary N) is 2. The van der Waals surface area contributed by atoms with Gasteiger partial charge in [-0.25, -0.2) is 4.98 Å². The van der Waals surface area contributed by atoms with Gasteiger partial charge in [0.05, 0.1) is 17.4 Å². The van der Waals surface area contributed by atoms with E-state index in [2.05, 4.69) is 37.6 Å². The van der Waals surface area contributed by atoms with Crippen LogP contribution in [0.3, 0.4) is 0 Å². The summed E-state index contributed by atoms with van der Waals surface area (Å²) in [6, 6.07) is 1.60. The Balaban J connectivity index is 3.16. The smallest absolute Gasteiger partial charge is 0.252 e. The van der Waals surface area contributed by atoms with Crippen molar-refractivity contribution < 1.29 is 4.79 Å². The molecule has 5 nitrogen and oxygen atoms in total. The fourth-order valence-corrected chi connectivity index (χ4v) is 2.04. The van der Waals surface area contributed by atoms with Gasteiger partial charge in [-0.15, -0.1) is 0 Å². The highest BCUT2D eigenvalue weighted by molar-refractivity contribution is 5.98. The third kappa shape index (κ3) is 4.43. The molecule has 0 spiro atoms. The maximum absolute atomic E-state index is 11.5. The zero-order valence-electron chi connectivity index (χ0n) is 12.2. The van der Waals surface area contributed by atoms with Crippen molar-refractivity contribution in [3.8, 4) is 0 Å². The van der Waals surface area contributed by atoms with Crippen LogP contribution < -0.4 is 16.4 Å². The Kier molecular flexibility index (Phi) is 5.15. The monoisotopic (exact) mass is 264 g/mol. The van der Waals surface area contributed by atoms with Crippen molar-refractivity contribution in [1.82, 2.24) is 4.98 Å². The number of nitrogen functional groups attached to an aromatic ring is 1. The molecule has 1 aromatic heterocycles. The van der Waals surface area contributed by atoms with Crippen LogP contribution in [0.1, 0.15) is 38.1 Å². The van der Waals surface area contributed by atoms with Crippen LogP contribution in [0.15, 0.2) is 12.3 Å². The molecule has 0 unspecified atom stereocenters. The standard InChI is InChI=1S/C14H24N4O/c1-9(2)7-18(8-10(3)4)14-12(13(16)19)5-11(15)6-17-14/h5-6,9-10H,7-8,15H2,1-4H3,(H2,16,19). The minimum Gasteiger partial charge on any atom is -0.397 e. The van der Waals surface area contributed by atoms with E-state index in [4.69, 9.17) is 11.5 Å². The van der Waals surface area contributed by atoms with Gasteiger partial charge < -0.3 is 16.4 Å². The lowest BCUT2D eigenvalue weighted by molar-refractivity contribution is 0.100. The van der Waals surface area contributed by atoms with Gasteiger partial charge in [0.15, 0.2) is 0 Å². The Morgan fingerprint density at radius 1 is 1.26 bits per heavy atom. The minimum absolute atomic E-state index is 0.390. The van der Waals surface area contributed by atoms with Gasteiger partial charge in [0.1, 0.15) is 5.82 Å². The Morgan fingerprint density at radius 3 is 2.21 bits per heavy atom. The summed E-state index contributed by atoms with van der Waals surface area (Å²) >= 11 is 0. The number of carbonyl (C=O) groups is 1. The molecule has 0 aliphatic carbocycles. The molecule has 1 heterocycles. The van der Waals surface area contributed by atoms with Gasteiger partial charge in [0.2, 0.25) is 0 Å². The first kappa shape index (κ1) is 15.3. The lowest BCUT2D eigenvalue weighted by atomic mass is 10.1. The van der Waals surface area contributed by atoms with Crippen molar-refractivity contribution in [3.63, 3.8) is 0 Å². The van der Waals surface area contributed by atoms with E-state index in [1.165, 1.54) is 0 Å². The van der Waals surface area contributed by atoms with Crippen molar-refractivity contribution in [2.24, 2.45) is 17.6 Å². The van der Waals surface area contributed by atoms with Crippen molar-refractivity contribution in [1.29, 1.82) is 0 Å². The second kappa shape index (κ2) is 6.41. The van der Waals surface area contributed by atoms with Gasteiger partial charge >= 0.3 is 0 Å². The summed E-state index contributed by atoms with van der Waals surface area (Å²) in [5.74, 6) is 1.08. The van der Waals surface area contributed by atoms with E-state index in [0.717, 1.165) is 13.1 Å². The molecule has 0 aliphatic heterocycles. The Morgan fingerprint density at radius 2 is 1.79 bits per heavy atom. The number of primary amides is 1. The highest BCUT2D eigenvalue weighted by Gasteiger charge is 2.18. The minimum atomic E-state index is -0.493. The van der Waals surface area contributed by atoms with E-state index >= 15 is 0 Å². The first-order chi connectivity index (χ1) is 8.81. The van der Waals surface area contributed by atoms with Crippen molar-refractivity contribution in [3.05, 3.63) is 17.8 Å². The number of hydrogen-bond donors (Lipinski definition) is 2. The van der Waals surface area contributed by atoms with Crippen LogP contribution in [-0.4, -0.2) is 24.0 Å². The van der Waals surface area contributed by atoms with Crippen molar-refractivity contribution in [2.75, 3.05) is 23.7 Å². The number of rotatable bonds is 6. The third-order valence-corrected chi connectivity index (χ3v) is 2.62. The maximum atomic E-state index is 11.5. The molecule has 0 saturated heterocycles. The van der Waals surface area contributed by atoms with Crippen LogP contribution in [-0.2, 0) is 0 Å². The van der Waals surface area contributed by atoms with E-state index in [1.807, 2.05) is 0 Å². The number of carbonyl (C=O) groups excluding carboxylic acids is 1. The molecule has 0 radical (unpaired) electrons. The summed E-state index contributed by atoms with van der Waals surface area (Å²) in [5, 5.41) is 0. The van der Waals surface area contributed by atoms with Crippen LogP contribution >= 0.6 is 0 Å². The number of amides is 1. The highest BCUT2D eigenvalue weighted by Crippen LogP contribution is 2.21. The third-order valence-electron chi connectivity index (χ3n) is 2.62. The van der Waals surface area contributed by atoms with Crippen molar-refractivity contribution in [2.45, 2.75) is 27.7 Å². The quantitative estimate of drug-likeness (QED) is 0.821. The first-order valence-electron chi connectivity index (χ1n) is 6.61. The van der Waals surface area contributed by atoms with Gasteiger partial charge in [-0.2, -0.15) is 0 Å². The Labute approximate surface area is 115 Å². The molecule has 0 fully saturated rings. The van der Waals surface area contributed by atoms with E-state index in [-0.39, 0.29) is 0 Å². The molecule has 0 atom stereocenters. The summed E-state index contributed by atoms with van der Waals surface area (Å²) in [6.45, 7) is 10.2. The van der Waals surface area contributed by atoms with Gasteiger partial charge in [-0.1, -0.05) is 27.7 Å². The van der Waals surface area contributed by atoms with Crippen LogP contribution in [0, 0.1) is 11.8 Å². The lowest BCUT2D eigenvalue weighted by Crippen LogP contribution is -2.34. The molecule has 1 aromatic rings. The summed E-state index contributed by atoms with van der Waals surface area (Å²) in [4.78, 5) is 18.0. The SMILES string of the molecule is CC(C)CN(CC(C)C)c1ncc(N)cc1C(N)=O.